The SMILES string of the molecule is Cc1sc(C(Br)C2(c3ccccc3)CC2)cc1Br. The third-order valence-electron chi connectivity index (χ3n) is 3.75. The molecular weight excluding hydrogens is 372 g/mol. The van der Waals surface area contributed by atoms with Crippen LogP contribution < -0.4 is 0 Å². The molecule has 94 valence electrons. The van der Waals surface area contributed by atoms with Crippen LogP contribution in [0.1, 0.15) is 33.0 Å². The van der Waals surface area contributed by atoms with Gasteiger partial charge in [0.05, 0.1) is 4.83 Å². The average Bonchev–Trinajstić information content (AvgIpc) is 3.13. The first-order chi connectivity index (χ1) is 8.63. The molecule has 1 aromatic heterocycles. The van der Waals surface area contributed by atoms with Gasteiger partial charge in [0.15, 0.2) is 0 Å². The van der Waals surface area contributed by atoms with Crippen LogP contribution in [0.15, 0.2) is 40.9 Å². The van der Waals surface area contributed by atoms with Crippen molar-refractivity contribution in [1.29, 1.82) is 0 Å². The van der Waals surface area contributed by atoms with Crippen LogP contribution in [0.5, 0.6) is 0 Å². The van der Waals surface area contributed by atoms with Crippen LogP contribution in [-0.2, 0) is 5.41 Å². The van der Waals surface area contributed by atoms with Crippen LogP contribution in [0, 0.1) is 6.92 Å². The third-order valence-corrected chi connectivity index (χ3v) is 7.62. The largest absolute Gasteiger partial charge is 0.143 e. The van der Waals surface area contributed by atoms with Crippen LogP contribution in [0.3, 0.4) is 0 Å². The zero-order valence-corrected chi connectivity index (χ0v) is 14.1. The Bertz CT molecular complexity index is 536. The Morgan fingerprint density at radius 2 is 1.89 bits per heavy atom. The Labute approximate surface area is 129 Å². The molecule has 1 saturated carbocycles. The number of rotatable bonds is 3. The van der Waals surface area contributed by atoms with E-state index in [0.29, 0.717) is 10.2 Å². The standard InChI is InChI=1S/C15H14Br2S/c1-10-12(16)9-13(18-10)14(17)15(7-8-15)11-5-3-2-4-6-11/h2-6,9,14H,7-8H2,1H3. The van der Waals surface area contributed by atoms with Crippen LogP contribution in [0.2, 0.25) is 0 Å². The third kappa shape index (κ3) is 2.10. The molecule has 3 heteroatoms. The number of hydrogen-bond donors (Lipinski definition) is 0. The first-order valence-corrected chi connectivity index (χ1v) is 8.61. The maximum absolute atomic E-state index is 3.94. The second-order valence-corrected chi connectivity index (χ2v) is 8.00. The molecule has 1 aliphatic carbocycles. The summed E-state index contributed by atoms with van der Waals surface area (Å²) >= 11 is 9.45. The van der Waals surface area contributed by atoms with Crippen LogP contribution in [0.25, 0.3) is 0 Å². The van der Waals surface area contributed by atoms with Gasteiger partial charge in [-0.15, -0.1) is 11.3 Å². The molecule has 3 rings (SSSR count). The molecule has 2 aromatic rings. The normalized spacial score (nSPS) is 18.6. The van der Waals surface area contributed by atoms with Crippen molar-refractivity contribution in [1.82, 2.24) is 0 Å². The number of alkyl halides is 1. The molecule has 18 heavy (non-hydrogen) atoms. The van der Waals surface area contributed by atoms with Gasteiger partial charge in [-0.1, -0.05) is 46.3 Å². The van der Waals surface area contributed by atoms with E-state index in [1.165, 1.54) is 32.6 Å². The van der Waals surface area contributed by atoms with Gasteiger partial charge in [0.1, 0.15) is 0 Å². The Kier molecular flexibility index (Phi) is 3.41. The summed E-state index contributed by atoms with van der Waals surface area (Å²) in [6, 6.07) is 13.2. The van der Waals surface area contributed by atoms with E-state index in [-0.39, 0.29) is 0 Å². The summed E-state index contributed by atoms with van der Waals surface area (Å²) in [5.74, 6) is 0. The number of halogens is 2. The molecule has 1 unspecified atom stereocenters. The van der Waals surface area contributed by atoms with Crippen molar-refractivity contribution in [2.45, 2.75) is 30.0 Å². The van der Waals surface area contributed by atoms with E-state index in [0.717, 1.165) is 0 Å². The average molecular weight is 386 g/mol. The lowest BCUT2D eigenvalue weighted by atomic mass is 9.92. The Balaban J connectivity index is 1.95. The lowest BCUT2D eigenvalue weighted by Crippen LogP contribution is -2.12. The van der Waals surface area contributed by atoms with Crippen molar-refractivity contribution in [2.75, 3.05) is 0 Å². The van der Waals surface area contributed by atoms with E-state index in [2.05, 4.69) is 75.2 Å². The number of aryl methyl sites for hydroxylation is 1. The summed E-state index contributed by atoms with van der Waals surface area (Å²) in [6.07, 6.45) is 2.56. The Morgan fingerprint density at radius 1 is 1.22 bits per heavy atom. The Morgan fingerprint density at radius 3 is 2.39 bits per heavy atom. The molecule has 0 bridgehead atoms. The zero-order valence-electron chi connectivity index (χ0n) is 10.1. The van der Waals surface area contributed by atoms with Gasteiger partial charge in [-0.25, -0.2) is 0 Å². The van der Waals surface area contributed by atoms with Crippen molar-refractivity contribution >= 4 is 43.2 Å². The Hall–Kier alpha value is -0.120. The van der Waals surface area contributed by atoms with Gasteiger partial charge in [0.2, 0.25) is 0 Å². The predicted molar refractivity (Wildman–Crippen MR) is 85.8 cm³/mol. The fourth-order valence-corrected chi connectivity index (χ4v) is 5.26. The maximum Gasteiger partial charge on any atom is 0.0586 e. The zero-order chi connectivity index (χ0) is 12.8. The van der Waals surface area contributed by atoms with Gasteiger partial charge in [0.25, 0.3) is 0 Å². The summed E-state index contributed by atoms with van der Waals surface area (Å²) < 4.78 is 1.23. The van der Waals surface area contributed by atoms with Crippen LogP contribution >= 0.6 is 43.2 Å². The second-order valence-electron chi connectivity index (χ2n) is 4.94. The molecule has 0 spiro atoms. The molecule has 1 aliphatic rings. The molecule has 0 nitrogen and oxygen atoms in total. The van der Waals surface area contributed by atoms with Gasteiger partial charge in [0, 0.05) is 19.6 Å². The molecule has 0 amide bonds. The highest BCUT2D eigenvalue weighted by atomic mass is 79.9. The molecule has 0 saturated heterocycles. The molecule has 0 aliphatic heterocycles. The van der Waals surface area contributed by atoms with Crippen molar-refractivity contribution < 1.29 is 0 Å². The first kappa shape index (κ1) is 12.9. The maximum atomic E-state index is 3.94. The molecular formula is C15H14Br2S. The van der Waals surface area contributed by atoms with Gasteiger partial charge < -0.3 is 0 Å². The molecule has 0 N–H and O–H groups in total. The summed E-state index contributed by atoms with van der Waals surface area (Å²) in [5, 5.41) is 0. The number of hydrogen-bond acceptors (Lipinski definition) is 1. The fourth-order valence-electron chi connectivity index (χ4n) is 2.47. The first-order valence-electron chi connectivity index (χ1n) is 6.09. The molecule has 0 radical (unpaired) electrons. The van der Waals surface area contributed by atoms with Crippen molar-refractivity contribution in [3.8, 4) is 0 Å². The monoisotopic (exact) mass is 384 g/mol. The molecule has 1 heterocycles. The highest BCUT2D eigenvalue weighted by molar-refractivity contribution is 9.10. The van der Waals surface area contributed by atoms with E-state index in [1.807, 2.05) is 11.3 Å². The molecule has 1 fully saturated rings. The van der Waals surface area contributed by atoms with E-state index < -0.39 is 0 Å². The van der Waals surface area contributed by atoms with E-state index in [4.69, 9.17) is 0 Å². The van der Waals surface area contributed by atoms with Gasteiger partial charge in [-0.2, -0.15) is 0 Å². The van der Waals surface area contributed by atoms with Crippen LogP contribution in [0.4, 0.5) is 0 Å². The van der Waals surface area contributed by atoms with E-state index in [1.54, 1.807) is 0 Å². The summed E-state index contributed by atoms with van der Waals surface area (Å²) in [6.45, 7) is 2.17. The smallest absolute Gasteiger partial charge is 0.0586 e. The van der Waals surface area contributed by atoms with Crippen molar-refractivity contribution in [3.63, 3.8) is 0 Å². The lowest BCUT2D eigenvalue weighted by Gasteiger charge is -2.21. The highest BCUT2D eigenvalue weighted by Crippen LogP contribution is 2.61. The highest BCUT2D eigenvalue weighted by Gasteiger charge is 2.50. The summed E-state index contributed by atoms with van der Waals surface area (Å²) in [5.41, 5.74) is 1.78. The number of benzene rings is 1. The lowest BCUT2D eigenvalue weighted by molar-refractivity contribution is 0.689. The summed E-state index contributed by atoms with van der Waals surface area (Å²) in [4.78, 5) is 3.22. The van der Waals surface area contributed by atoms with Crippen molar-refractivity contribution in [2.24, 2.45) is 0 Å². The molecule has 1 aromatic carbocycles. The van der Waals surface area contributed by atoms with Crippen molar-refractivity contribution in [3.05, 3.63) is 56.2 Å². The minimum Gasteiger partial charge on any atom is -0.143 e. The summed E-state index contributed by atoms with van der Waals surface area (Å²) in [7, 11) is 0. The molecule has 1 atom stereocenters. The topological polar surface area (TPSA) is 0 Å². The van der Waals surface area contributed by atoms with Gasteiger partial charge >= 0.3 is 0 Å². The minimum absolute atomic E-state index is 0.317. The van der Waals surface area contributed by atoms with Gasteiger partial charge in [-0.05, 0) is 47.3 Å². The van der Waals surface area contributed by atoms with Gasteiger partial charge in [-0.3, -0.25) is 0 Å². The minimum atomic E-state index is 0.317. The van der Waals surface area contributed by atoms with Crippen LogP contribution in [-0.4, -0.2) is 0 Å². The van der Waals surface area contributed by atoms with E-state index in [9.17, 15) is 0 Å². The number of thiophene rings is 1. The fraction of sp³-hybridized carbons (Fsp3) is 0.333. The van der Waals surface area contributed by atoms with E-state index >= 15 is 0 Å². The quantitative estimate of drug-likeness (QED) is 0.569. The predicted octanol–water partition coefficient (Wildman–Crippen LogP) is 5.99. The second kappa shape index (κ2) is 4.77.